The van der Waals surface area contributed by atoms with Gasteiger partial charge in [-0.2, -0.15) is 22.0 Å². The molecule has 10 heteroatoms. The van der Waals surface area contributed by atoms with E-state index in [0.717, 1.165) is 17.7 Å². The van der Waals surface area contributed by atoms with Gasteiger partial charge in [-0.3, -0.25) is 5.41 Å². The number of ether oxygens (including phenoxy) is 1. The van der Waals surface area contributed by atoms with Gasteiger partial charge in [0, 0.05) is 16.9 Å². The quantitative estimate of drug-likeness (QED) is 0.304. The number of halogens is 5. The summed E-state index contributed by atoms with van der Waals surface area (Å²) in [5, 5.41) is 10.5. The fourth-order valence-electron chi connectivity index (χ4n) is 1.89. The maximum atomic E-state index is 12.8. The van der Waals surface area contributed by atoms with Crippen molar-refractivity contribution in [1.29, 1.82) is 5.41 Å². The number of hydrogen-bond acceptors (Lipinski definition) is 3. The molecule has 0 radical (unpaired) electrons. The largest absolute Gasteiger partial charge is 0.499 e. The number of nitrogens with two attached hydrogens (primary N) is 1. The highest BCUT2D eigenvalue weighted by atomic mass is 19.4. The van der Waals surface area contributed by atoms with E-state index in [4.69, 9.17) is 11.1 Å². The first-order chi connectivity index (χ1) is 12.5. The lowest BCUT2D eigenvalue weighted by Crippen LogP contribution is -2.41. The molecule has 2 rings (SSSR count). The standard InChI is InChI=1S/C17H15F5N4O/c1-10-8-11(2-7-14(10)23)15(24)26-9-25-12-3-5-13(6-4-12)27-17(21,22)16(18,19)20/h2-9H,23H2,1H3,(H2,24,25,26). The fourth-order valence-corrected chi connectivity index (χ4v) is 1.89. The molecule has 0 saturated carbocycles. The highest BCUT2D eigenvalue weighted by molar-refractivity contribution is 6.02. The molecule has 0 fully saturated rings. The molecule has 0 aliphatic heterocycles. The lowest BCUT2D eigenvalue weighted by molar-refractivity contribution is -0.360. The highest BCUT2D eigenvalue weighted by Gasteiger charge is 2.61. The lowest BCUT2D eigenvalue weighted by Gasteiger charge is -2.20. The molecule has 2 aromatic rings. The normalized spacial score (nSPS) is 12.2. The Morgan fingerprint density at radius 2 is 1.74 bits per heavy atom. The molecule has 144 valence electrons. The topological polar surface area (TPSA) is 83.5 Å². The van der Waals surface area contributed by atoms with Gasteiger partial charge in [0.15, 0.2) is 5.84 Å². The van der Waals surface area contributed by atoms with Crippen LogP contribution in [0.1, 0.15) is 11.1 Å². The van der Waals surface area contributed by atoms with Crippen LogP contribution in [0.4, 0.5) is 33.3 Å². The molecule has 0 spiro atoms. The lowest BCUT2D eigenvalue weighted by atomic mass is 10.1. The number of amidine groups is 1. The van der Waals surface area contributed by atoms with E-state index in [1.807, 2.05) is 0 Å². The van der Waals surface area contributed by atoms with Gasteiger partial charge in [0.05, 0.1) is 6.34 Å². The number of rotatable bonds is 5. The molecule has 0 aliphatic rings. The summed E-state index contributed by atoms with van der Waals surface area (Å²) in [6.07, 6.45) is -9.90. The van der Waals surface area contributed by atoms with Gasteiger partial charge in [0.25, 0.3) is 0 Å². The van der Waals surface area contributed by atoms with Crippen LogP contribution in [0.3, 0.4) is 0 Å². The van der Waals surface area contributed by atoms with Crippen molar-refractivity contribution in [2.45, 2.75) is 19.2 Å². The molecule has 27 heavy (non-hydrogen) atoms. The van der Waals surface area contributed by atoms with Crippen molar-refractivity contribution in [3.05, 3.63) is 53.6 Å². The Bertz CT molecular complexity index is 847. The minimum atomic E-state index is -5.81. The monoisotopic (exact) mass is 386 g/mol. The van der Waals surface area contributed by atoms with E-state index in [1.54, 1.807) is 25.1 Å². The second-order valence-corrected chi connectivity index (χ2v) is 5.46. The van der Waals surface area contributed by atoms with Gasteiger partial charge in [-0.25, -0.2) is 4.99 Å². The molecule has 2 aromatic carbocycles. The Morgan fingerprint density at radius 3 is 2.30 bits per heavy atom. The zero-order valence-electron chi connectivity index (χ0n) is 13.9. The van der Waals surface area contributed by atoms with Crippen LogP contribution in [0, 0.1) is 12.3 Å². The Hall–Kier alpha value is -3.17. The molecular formula is C17H15F5N4O. The summed E-state index contributed by atoms with van der Waals surface area (Å²) in [6, 6.07) is 9.33. The Morgan fingerprint density at radius 1 is 1.11 bits per heavy atom. The Balaban J connectivity index is 1.97. The van der Waals surface area contributed by atoms with Crippen LogP contribution in [-0.4, -0.2) is 24.5 Å². The first-order valence-electron chi connectivity index (χ1n) is 7.47. The highest BCUT2D eigenvalue weighted by Crippen LogP contribution is 2.37. The van der Waals surface area contributed by atoms with Crippen LogP contribution in [0.5, 0.6) is 5.75 Å². The van der Waals surface area contributed by atoms with E-state index in [2.05, 4.69) is 15.0 Å². The summed E-state index contributed by atoms with van der Waals surface area (Å²) < 4.78 is 65.6. The van der Waals surface area contributed by atoms with Gasteiger partial charge in [-0.15, -0.1) is 0 Å². The maximum absolute atomic E-state index is 12.8. The molecule has 0 aliphatic carbocycles. The van der Waals surface area contributed by atoms with Crippen LogP contribution in [-0.2, 0) is 0 Å². The number of nitrogens with one attached hydrogen (secondary N) is 2. The SMILES string of the molecule is Cc1cc(C(=N)/N=C\Nc2ccc(OC(F)(F)C(F)(F)F)cc2)ccc1N. The Labute approximate surface area is 151 Å². The molecule has 0 bridgehead atoms. The van der Waals surface area contributed by atoms with E-state index in [9.17, 15) is 22.0 Å². The molecule has 0 atom stereocenters. The van der Waals surface area contributed by atoms with Crippen molar-refractivity contribution >= 4 is 23.5 Å². The minimum absolute atomic E-state index is 0.0460. The van der Waals surface area contributed by atoms with Crippen LogP contribution in [0.15, 0.2) is 47.5 Å². The summed E-state index contributed by atoms with van der Waals surface area (Å²) in [5.74, 6) is -0.694. The van der Waals surface area contributed by atoms with Crippen molar-refractivity contribution in [3.8, 4) is 5.75 Å². The van der Waals surface area contributed by atoms with Gasteiger partial charge in [0.2, 0.25) is 0 Å². The maximum Gasteiger partial charge on any atom is 0.499 e. The van der Waals surface area contributed by atoms with Crippen LogP contribution in [0.25, 0.3) is 0 Å². The number of aliphatic imine (C=N–C) groups is 1. The summed E-state index contributed by atoms with van der Waals surface area (Å²) in [7, 11) is 0. The average Bonchev–Trinajstić information content (AvgIpc) is 2.57. The third-order valence-corrected chi connectivity index (χ3v) is 3.40. The second-order valence-electron chi connectivity index (χ2n) is 5.46. The van der Waals surface area contributed by atoms with Crippen molar-refractivity contribution in [1.82, 2.24) is 0 Å². The summed E-state index contributed by atoms with van der Waals surface area (Å²) in [4.78, 5) is 3.88. The zero-order valence-corrected chi connectivity index (χ0v) is 13.9. The van der Waals surface area contributed by atoms with Gasteiger partial charge in [-0.1, -0.05) is 0 Å². The van der Waals surface area contributed by atoms with Crippen molar-refractivity contribution in [3.63, 3.8) is 0 Å². The predicted octanol–water partition coefficient (Wildman–Crippen LogP) is 4.58. The molecule has 0 amide bonds. The molecule has 4 N–H and O–H groups in total. The van der Waals surface area contributed by atoms with E-state index < -0.39 is 18.0 Å². The Kier molecular flexibility index (Phi) is 5.67. The van der Waals surface area contributed by atoms with E-state index in [1.165, 1.54) is 18.5 Å². The first kappa shape index (κ1) is 20.1. The molecular weight excluding hydrogens is 371 g/mol. The van der Waals surface area contributed by atoms with E-state index in [-0.39, 0.29) is 5.84 Å². The summed E-state index contributed by atoms with van der Waals surface area (Å²) >= 11 is 0. The molecule has 0 heterocycles. The molecule has 0 unspecified atom stereocenters. The van der Waals surface area contributed by atoms with Gasteiger partial charge >= 0.3 is 12.3 Å². The molecule has 5 nitrogen and oxygen atoms in total. The third-order valence-electron chi connectivity index (χ3n) is 3.40. The number of alkyl halides is 5. The van der Waals surface area contributed by atoms with Gasteiger partial charge < -0.3 is 15.8 Å². The number of aryl methyl sites for hydroxylation is 1. The fraction of sp³-hybridized carbons (Fsp3) is 0.176. The predicted molar refractivity (Wildman–Crippen MR) is 92.6 cm³/mol. The summed E-state index contributed by atoms with van der Waals surface area (Å²) in [6.45, 7) is 1.79. The van der Waals surface area contributed by atoms with E-state index >= 15 is 0 Å². The smallest absolute Gasteiger partial charge is 0.426 e. The van der Waals surface area contributed by atoms with Crippen molar-refractivity contribution in [2.24, 2.45) is 4.99 Å². The summed E-state index contributed by atoms with van der Waals surface area (Å²) in [5.41, 5.74) is 7.98. The first-order valence-corrected chi connectivity index (χ1v) is 7.47. The number of nitrogens with zero attached hydrogens (tertiary/aromatic N) is 1. The number of hydrogen-bond donors (Lipinski definition) is 3. The third kappa shape index (κ3) is 5.16. The molecule has 0 saturated heterocycles. The second kappa shape index (κ2) is 7.60. The number of nitrogen functional groups attached to an aromatic ring is 1. The van der Waals surface area contributed by atoms with Gasteiger partial charge in [0.1, 0.15) is 5.75 Å². The average molecular weight is 386 g/mol. The van der Waals surface area contributed by atoms with Crippen LogP contribution in [0.2, 0.25) is 0 Å². The van der Waals surface area contributed by atoms with Crippen molar-refractivity contribution in [2.75, 3.05) is 11.1 Å². The number of anilines is 2. The van der Waals surface area contributed by atoms with Crippen molar-refractivity contribution < 1.29 is 26.7 Å². The van der Waals surface area contributed by atoms with Crippen LogP contribution < -0.4 is 15.8 Å². The molecule has 0 aromatic heterocycles. The zero-order chi connectivity index (χ0) is 20.2. The van der Waals surface area contributed by atoms with E-state index in [0.29, 0.717) is 16.9 Å². The minimum Gasteiger partial charge on any atom is -0.426 e. The van der Waals surface area contributed by atoms with Crippen LogP contribution >= 0.6 is 0 Å². The number of benzene rings is 2. The van der Waals surface area contributed by atoms with Gasteiger partial charge in [-0.05, 0) is 55.0 Å².